The number of nitrogens with zero attached hydrogens (tertiary/aromatic N) is 2. The van der Waals surface area contributed by atoms with E-state index < -0.39 is 0 Å². The third-order valence-electron chi connectivity index (χ3n) is 5.27. The Morgan fingerprint density at radius 2 is 1.86 bits per heavy atom. The Balaban J connectivity index is 1.63. The van der Waals surface area contributed by atoms with E-state index in [1.165, 1.54) is 6.07 Å². The fraction of sp³-hybridized carbons (Fsp3) is 0.435. The molecule has 28 heavy (non-hydrogen) atoms. The van der Waals surface area contributed by atoms with Crippen molar-refractivity contribution in [3.8, 4) is 5.75 Å². The number of halogens is 1. The summed E-state index contributed by atoms with van der Waals surface area (Å²) in [5.41, 5.74) is 1.70. The molecule has 0 N–H and O–H groups in total. The van der Waals surface area contributed by atoms with Crippen LogP contribution in [0.5, 0.6) is 5.75 Å². The van der Waals surface area contributed by atoms with E-state index in [9.17, 15) is 9.18 Å². The monoisotopic (exact) mass is 384 g/mol. The Morgan fingerprint density at radius 1 is 1.18 bits per heavy atom. The number of carbonyl (C=O) groups is 1. The van der Waals surface area contributed by atoms with Gasteiger partial charge in [-0.25, -0.2) is 4.39 Å². The molecule has 2 aromatic carbocycles. The number of hydrogen-bond acceptors (Lipinski definition) is 3. The number of rotatable bonds is 9. The van der Waals surface area contributed by atoms with Gasteiger partial charge < -0.3 is 9.64 Å². The predicted octanol–water partition coefficient (Wildman–Crippen LogP) is 4.41. The van der Waals surface area contributed by atoms with Crippen molar-refractivity contribution in [1.29, 1.82) is 0 Å². The van der Waals surface area contributed by atoms with Gasteiger partial charge in [0.05, 0.1) is 13.2 Å². The highest BCUT2D eigenvalue weighted by molar-refractivity contribution is 5.78. The maximum atomic E-state index is 14.2. The topological polar surface area (TPSA) is 32.8 Å². The van der Waals surface area contributed by atoms with E-state index >= 15 is 0 Å². The summed E-state index contributed by atoms with van der Waals surface area (Å²) >= 11 is 0. The van der Waals surface area contributed by atoms with Crippen LogP contribution in [0.1, 0.15) is 43.9 Å². The Hall–Kier alpha value is -2.40. The lowest BCUT2D eigenvalue weighted by atomic mass is 10.1. The average molecular weight is 384 g/mol. The molecule has 1 saturated carbocycles. The van der Waals surface area contributed by atoms with Crippen molar-refractivity contribution in [3.63, 3.8) is 0 Å². The zero-order valence-corrected chi connectivity index (χ0v) is 16.9. The molecule has 0 bridgehead atoms. The Kier molecular flexibility index (Phi) is 6.68. The molecule has 1 amide bonds. The highest BCUT2D eigenvalue weighted by Crippen LogP contribution is 2.34. The number of ether oxygens (including phenoxy) is 1. The Bertz CT molecular complexity index is 789. The van der Waals surface area contributed by atoms with E-state index in [2.05, 4.69) is 4.90 Å². The largest absolute Gasteiger partial charge is 0.494 e. The third-order valence-corrected chi connectivity index (χ3v) is 5.27. The minimum atomic E-state index is -0.212. The molecule has 0 heterocycles. The first-order chi connectivity index (χ1) is 13.5. The molecular formula is C23H29FN2O2. The molecule has 150 valence electrons. The summed E-state index contributed by atoms with van der Waals surface area (Å²) in [7, 11) is 1.82. The summed E-state index contributed by atoms with van der Waals surface area (Å²) in [5.74, 6) is 0.665. The molecule has 0 saturated heterocycles. The third kappa shape index (κ3) is 5.10. The zero-order valence-electron chi connectivity index (χ0n) is 16.9. The van der Waals surface area contributed by atoms with Crippen molar-refractivity contribution in [2.24, 2.45) is 0 Å². The summed E-state index contributed by atoms with van der Waals surface area (Å²) in [4.78, 5) is 16.7. The lowest BCUT2D eigenvalue weighted by Crippen LogP contribution is -2.40. The molecule has 0 aromatic heterocycles. The molecule has 0 radical (unpaired) electrons. The molecule has 5 heteroatoms. The van der Waals surface area contributed by atoms with Crippen molar-refractivity contribution in [3.05, 3.63) is 65.5 Å². The van der Waals surface area contributed by atoms with Gasteiger partial charge in [-0.15, -0.1) is 0 Å². The maximum absolute atomic E-state index is 14.2. The van der Waals surface area contributed by atoms with Gasteiger partial charge in [0.15, 0.2) is 0 Å². The molecule has 3 rings (SSSR count). The Labute approximate surface area is 166 Å². The fourth-order valence-corrected chi connectivity index (χ4v) is 3.48. The number of amides is 1. The zero-order chi connectivity index (χ0) is 20.1. The van der Waals surface area contributed by atoms with E-state index in [-0.39, 0.29) is 17.8 Å². The van der Waals surface area contributed by atoms with Crippen LogP contribution in [0.2, 0.25) is 0 Å². The van der Waals surface area contributed by atoms with Crippen molar-refractivity contribution in [2.75, 3.05) is 20.2 Å². The summed E-state index contributed by atoms with van der Waals surface area (Å²) < 4.78 is 19.7. The van der Waals surface area contributed by atoms with Crippen LogP contribution in [0.3, 0.4) is 0 Å². The van der Waals surface area contributed by atoms with Crippen molar-refractivity contribution in [1.82, 2.24) is 9.80 Å². The lowest BCUT2D eigenvalue weighted by molar-refractivity contribution is -0.132. The van der Waals surface area contributed by atoms with Crippen molar-refractivity contribution in [2.45, 2.75) is 45.3 Å². The van der Waals surface area contributed by atoms with Crippen LogP contribution in [0.25, 0.3) is 0 Å². The SMILES string of the molecule is CCOc1ccc(CN(C)C(=O)CN(C2CC2)C(C)c2ccccc2F)cc1. The average Bonchev–Trinajstić information content (AvgIpc) is 3.52. The molecule has 2 aromatic rings. The van der Waals surface area contributed by atoms with Gasteiger partial charge in [0, 0.05) is 31.2 Å². The second-order valence-corrected chi connectivity index (χ2v) is 7.43. The van der Waals surface area contributed by atoms with Gasteiger partial charge in [-0.05, 0) is 50.5 Å². The van der Waals surface area contributed by atoms with Crippen LogP contribution in [0.15, 0.2) is 48.5 Å². The van der Waals surface area contributed by atoms with Crippen LogP contribution in [0.4, 0.5) is 4.39 Å². The molecule has 0 aliphatic heterocycles. The van der Waals surface area contributed by atoms with E-state index in [4.69, 9.17) is 4.74 Å². The van der Waals surface area contributed by atoms with Crippen molar-refractivity contribution < 1.29 is 13.9 Å². The summed E-state index contributed by atoms with van der Waals surface area (Å²) in [6.07, 6.45) is 2.13. The van der Waals surface area contributed by atoms with Gasteiger partial charge in [-0.2, -0.15) is 0 Å². The fourth-order valence-electron chi connectivity index (χ4n) is 3.48. The van der Waals surface area contributed by atoms with Gasteiger partial charge in [0.25, 0.3) is 0 Å². The van der Waals surface area contributed by atoms with Crippen LogP contribution in [-0.2, 0) is 11.3 Å². The molecule has 1 unspecified atom stereocenters. The smallest absolute Gasteiger partial charge is 0.236 e. The molecule has 4 nitrogen and oxygen atoms in total. The summed E-state index contributed by atoms with van der Waals surface area (Å²) in [5, 5.41) is 0. The molecule has 1 atom stereocenters. The van der Waals surface area contributed by atoms with E-state index in [1.807, 2.05) is 57.3 Å². The molecule has 0 spiro atoms. The highest BCUT2D eigenvalue weighted by atomic mass is 19.1. The number of carbonyl (C=O) groups excluding carboxylic acids is 1. The van der Waals surface area contributed by atoms with E-state index in [0.717, 1.165) is 24.2 Å². The standard InChI is InChI=1S/C23H29FN2O2/c1-4-28-20-13-9-18(10-14-20)15-25(3)23(27)16-26(19-11-12-19)17(2)21-7-5-6-8-22(21)24/h5-10,13-14,17,19H,4,11-12,15-16H2,1-3H3. The molecule has 1 fully saturated rings. The molecule has 1 aliphatic rings. The van der Waals surface area contributed by atoms with Crippen LogP contribution < -0.4 is 4.74 Å². The van der Waals surface area contributed by atoms with Crippen LogP contribution >= 0.6 is 0 Å². The van der Waals surface area contributed by atoms with Gasteiger partial charge in [-0.1, -0.05) is 30.3 Å². The lowest BCUT2D eigenvalue weighted by Gasteiger charge is -2.31. The van der Waals surface area contributed by atoms with E-state index in [0.29, 0.717) is 31.3 Å². The first-order valence-corrected chi connectivity index (χ1v) is 9.95. The van der Waals surface area contributed by atoms with Gasteiger partial charge in [-0.3, -0.25) is 9.69 Å². The van der Waals surface area contributed by atoms with Gasteiger partial charge in [0.2, 0.25) is 5.91 Å². The quantitative estimate of drug-likeness (QED) is 0.642. The van der Waals surface area contributed by atoms with E-state index in [1.54, 1.807) is 11.0 Å². The highest BCUT2D eigenvalue weighted by Gasteiger charge is 2.35. The Morgan fingerprint density at radius 3 is 2.46 bits per heavy atom. The second kappa shape index (κ2) is 9.20. The molecule has 1 aliphatic carbocycles. The maximum Gasteiger partial charge on any atom is 0.236 e. The second-order valence-electron chi connectivity index (χ2n) is 7.43. The number of likely N-dealkylation sites (N-methyl/N-ethyl adjacent to an activating group) is 1. The predicted molar refractivity (Wildman–Crippen MR) is 109 cm³/mol. The first kappa shape index (κ1) is 20.3. The summed E-state index contributed by atoms with van der Waals surface area (Å²) in [6, 6.07) is 14.9. The van der Waals surface area contributed by atoms with Crippen molar-refractivity contribution >= 4 is 5.91 Å². The van der Waals surface area contributed by atoms with Gasteiger partial charge in [0.1, 0.15) is 11.6 Å². The number of benzene rings is 2. The van der Waals surface area contributed by atoms with Crippen LogP contribution in [-0.4, -0.2) is 41.9 Å². The minimum Gasteiger partial charge on any atom is -0.494 e. The normalized spacial score (nSPS) is 14.8. The summed E-state index contributed by atoms with van der Waals surface area (Å²) in [6.45, 7) is 5.41. The van der Waals surface area contributed by atoms with Crippen LogP contribution in [0, 0.1) is 5.82 Å². The first-order valence-electron chi connectivity index (χ1n) is 9.95. The van der Waals surface area contributed by atoms with Gasteiger partial charge >= 0.3 is 0 Å². The number of hydrogen-bond donors (Lipinski definition) is 0. The minimum absolute atomic E-state index is 0.0453. The molecular weight excluding hydrogens is 355 g/mol.